The average molecular weight is 197 g/mol. The Bertz CT molecular complexity index is 412. The number of nitrogens with two attached hydrogens (primary N) is 1. The highest BCUT2D eigenvalue weighted by molar-refractivity contribution is 5.87. The number of carbonyl (C=O) groups excluding carboxylic acids is 1. The summed E-state index contributed by atoms with van der Waals surface area (Å²) in [7, 11) is 0. The van der Waals surface area contributed by atoms with E-state index in [1.165, 1.54) is 0 Å². The monoisotopic (exact) mass is 197 g/mol. The maximum absolute atomic E-state index is 12.2. The lowest BCUT2D eigenvalue weighted by Crippen LogP contribution is -2.05. The lowest BCUT2D eigenvalue weighted by atomic mass is 10.1. The molecular weight excluding hydrogens is 192 g/mol. The Labute approximate surface area is 78.0 Å². The van der Waals surface area contributed by atoms with Crippen molar-refractivity contribution in [1.82, 2.24) is 4.98 Å². The Morgan fingerprint density at radius 3 is 2.71 bits per heavy atom. The molecule has 6 heteroatoms. The SMILES string of the molecule is N#Cc1cnc(C(F)F)c(N)c1C=O. The fraction of sp³-hybridized carbons (Fsp3) is 0.125. The highest BCUT2D eigenvalue weighted by Crippen LogP contribution is 2.26. The van der Waals surface area contributed by atoms with E-state index in [9.17, 15) is 13.6 Å². The minimum Gasteiger partial charge on any atom is -0.396 e. The number of aldehydes is 1. The molecular formula is C8H5F2N3O. The quantitative estimate of drug-likeness (QED) is 0.724. The molecule has 0 amide bonds. The van der Waals surface area contributed by atoms with E-state index in [1.807, 2.05) is 0 Å². The number of pyridine rings is 1. The van der Waals surface area contributed by atoms with Crippen molar-refractivity contribution < 1.29 is 13.6 Å². The molecule has 1 aromatic rings. The van der Waals surface area contributed by atoms with Gasteiger partial charge in [-0.25, -0.2) is 8.78 Å². The smallest absolute Gasteiger partial charge is 0.282 e. The Morgan fingerprint density at radius 1 is 1.64 bits per heavy atom. The number of nitriles is 1. The Hall–Kier alpha value is -2.03. The molecule has 0 fully saturated rings. The summed E-state index contributed by atoms with van der Waals surface area (Å²) in [5.74, 6) is 0. The van der Waals surface area contributed by atoms with E-state index in [0.29, 0.717) is 0 Å². The number of hydrogen-bond acceptors (Lipinski definition) is 4. The van der Waals surface area contributed by atoms with Crippen LogP contribution < -0.4 is 5.73 Å². The third-order valence-corrected chi connectivity index (χ3v) is 1.63. The maximum atomic E-state index is 12.2. The number of hydrogen-bond donors (Lipinski definition) is 1. The van der Waals surface area contributed by atoms with Crippen molar-refractivity contribution in [2.75, 3.05) is 5.73 Å². The van der Waals surface area contributed by atoms with Gasteiger partial charge in [-0.05, 0) is 0 Å². The average Bonchev–Trinajstić information content (AvgIpc) is 2.16. The minimum atomic E-state index is -2.86. The summed E-state index contributed by atoms with van der Waals surface area (Å²) in [5.41, 5.74) is 3.79. The van der Waals surface area contributed by atoms with Crippen LogP contribution in [-0.4, -0.2) is 11.3 Å². The van der Waals surface area contributed by atoms with Crippen LogP contribution in [-0.2, 0) is 0 Å². The molecule has 0 aliphatic carbocycles. The molecule has 0 saturated carbocycles. The highest BCUT2D eigenvalue weighted by atomic mass is 19.3. The van der Waals surface area contributed by atoms with Crippen molar-refractivity contribution in [3.8, 4) is 6.07 Å². The molecule has 0 aliphatic rings. The molecule has 0 saturated heterocycles. The molecule has 2 N–H and O–H groups in total. The second-order valence-corrected chi connectivity index (χ2v) is 2.41. The van der Waals surface area contributed by atoms with E-state index in [2.05, 4.69) is 4.98 Å². The van der Waals surface area contributed by atoms with Crippen molar-refractivity contribution in [1.29, 1.82) is 5.26 Å². The summed E-state index contributed by atoms with van der Waals surface area (Å²) in [5, 5.41) is 8.51. The second-order valence-electron chi connectivity index (χ2n) is 2.41. The number of anilines is 1. The van der Waals surface area contributed by atoms with Gasteiger partial charge in [0.25, 0.3) is 6.43 Å². The van der Waals surface area contributed by atoms with Gasteiger partial charge in [0, 0.05) is 6.20 Å². The van der Waals surface area contributed by atoms with Gasteiger partial charge in [0.1, 0.15) is 11.8 Å². The van der Waals surface area contributed by atoms with Crippen LogP contribution in [0.4, 0.5) is 14.5 Å². The van der Waals surface area contributed by atoms with E-state index in [-0.39, 0.29) is 17.4 Å². The predicted molar refractivity (Wildman–Crippen MR) is 43.7 cm³/mol. The van der Waals surface area contributed by atoms with Crippen LogP contribution in [0, 0.1) is 11.3 Å². The Balaban J connectivity index is 3.44. The van der Waals surface area contributed by atoms with Gasteiger partial charge in [-0.2, -0.15) is 5.26 Å². The molecule has 0 aromatic carbocycles. The van der Waals surface area contributed by atoms with E-state index < -0.39 is 17.8 Å². The summed E-state index contributed by atoms with van der Waals surface area (Å²) in [6.07, 6.45) is -1.69. The maximum Gasteiger partial charge on any atom is 0.282 e. The molecule has 0 unspecified atom stereocenters. The Kier molecular flexibility index (Phi) is 2.72. The first-order chi connectivity index (χ1) is 6.61. The van der Waals surface area contributed by atoms with Crippen molar-refractivity contribution in [3.05, 3.63) is 23.0 Å². The zero-order valence-corrected chi connectivity index (χ0v) is 6.87. The topological polar surface area (TPSA) is 79.8 Å². The van der Waals surface area contributed by atoms with Crippen molar-refractivity contribution in [3.63, 3.8) is 0 Å². The molecule has 72 valence electrons. The zero-order chi connectivity index (χ0) is 10.7. The fourth-order valence-electron chi connectivity index (χ4n) is 0.946. The number of nitrogen functional groups attached to an aromatic ring is 1. The van der Waals surface area contributed by atoms with E-state index >= 15 is 0 Å². The summed E-state index contributed by atoms with van der Waals surface area (Å²) in [4.78, 5) is 13.8. The molecule has 0 bridgehead atoms. The second kappa shape index (κ2) is 3.79. The normalized spacial score (nSPS) is 9.86. The molecule has 0 aliphatic heterocycles. The molecule has 0 spiro atoms. The van der Waals surface area contributed by atoms with Crippen LogP contribution in [0.3, 0.4) is 0 Å². The molecule has 14 heavy (non-hydrogen) atoms. The fourth-order valence-corrected chi connectivity index (χ4v) is 0.946. The Morgan fingerprint density at radius 2 is 2.29 bits per heavy atom. The molecule has 1 heterocycles. The molecule has 4 nitrogen and oxygen atoms in total. The third-order valence-electron chi connectivity index (χ3n) is 1.63. The summed E-state index contributed by atoms with van der Waals surface area (Å²) in [6.45, 7) is 0. The van der Waals surface area contributed by atoms with Crippen LogP contribution in [0.2, 0.25) is 0 Å². The van der Waals surface area contributed by atoms with Gasteiger partial charge in [0.15, 0.2) is 6.29 Å². The lowest BCUT2D eigenvalue weighted by molar-refractivity contribution is 0.112. The first kappa shape index (κ1) is 10.1. The number of halogens is 2. The predicted octanol–water partition coefficient (Wildman–Crippen LogP) is 1.29. The molecule has 0 radical (unpaired) electrons. The van der Waals surface area contributed by atoms with Crippen molar-refractivity contribution >= 4 is 12.0 Å². The van der Waals surface area contributed by atoms with Crippen LogP contribution >= 0.6 is 0 Å². The molecule has 1 rings (SSSR count). The van der Waals surface area contributed by atoms with E-state index in [0.717, 1.165) is 6.20 Å². The van der Waals surface area contributed by atoms with Gasteiger partial charge in [0.2, 0.25) is 0 Å². The zero-order valence-electron chi connectivity index (χ0n) is 6.87. The minimum absolute atomic E-state index is 0.109. The van der Waals surface area contributed by atoms with Gasteiger partial charge in [-0.3, -0.25) is 9.78 Å². The number of aromatic nitrogens is 1. The highest BCUT2D eigenvalue weighted by Gasteiger charge is 2.18. The first-order valence-electron chi connectivity index (χ1n) is 3.53. The summed E-state index contributed by atoms with van der Waals surface area (Å²) < 4.78 is 24.5. The van der Waals surface area contributed by atoms with Gasteiger partial charge in [-0.1, -0.05) is 0 Å². The third kappa shape index (κ3) is 1.52. The molecule has 0 atom stereocenters. The number of carbonyl (C=O) groups is 1. The van der Waals surface area contributed by atoms with Gasteiger partial charge < -0.3 is 5.73 Å². The van der Waals surface area contributed by atoms with Crippen LogP contribution in [0.5, 0.6) is 0 Å². The lowest BCUT2D eigenvalue weighted by Gasteiger charge is -2.06. The van der Waals surface area contributed by atoms with Gasteiger partial charge in [0.05, 0.1) is 16.8 Å². The number of nitrogens with zero attached hydrogens (tertiary/aromatic N) is 2. The van der Waals surface area contributed by atoms with Gasteiger partial charge in [-0.15, -0.1) is 0 Å². The standard InChI is InChI=1S/C8H5F2N3O/c9-8(10)7-6(12)5(3-14)4(1-11)2-13-7/h2-3,8H,12H2. The summed E-state index contributed by atoms with van der Waals surface area (Å²) in [6, 6.07) is 1.63. The van der Waals surface area contributed by atoms with E-state index in [1.54, 1.807) is 6.07 Å². The van der Waals surface area contributed by atoms with Crippen LogP contribution in [0.25, 0.3) is 0 Å². The van der Waals surface area contributed by atoms with Crippen molar-refractivity contribution in [2.45, 2.75) is 6.43 Å². The van der Waals surface area contributed by atoms with Crippen molar-refractivity contribution in [2.24, 2.45) is 0 Å². The van der Waals surface area contributed by atoms with Crippen LogP contribution in [0.15, 0.2) is 6.20 Å². The van der Waals surface area contributed by atoms with Gasteiger partial charge >= 0.3 is 0 Å². The number of alkyl halides is 2. The number of rotatable bonds is 2. The van der Waals surface area contributed by atoms with Crippen LogP contribution in [0.1, 0.15) is 28.0 Å². The largest absolute Gasteiger partial charge is 0.396 e. The first-order valence-corrected chi connectivity index (χ1v) is 3.53. The molecule has 1 aromatic heterocycles. The summed E-state index contributed by atoms with van der Waals surface area (Å²) >= 11 is 0. The van der Waals surface area contributed by atoms with E-state index in [4.69, 9.17) is 11.0 Å².